The van der Waals surface area contributed by atoms with Crippen LogP contribution in [0.1, 0.15) is 12.5 Å². The normalized spacial score (nSPS) is 13.4. The minimum Gasteiger partial charge on any atom is -0.267 e. The van der Waals surface area contributed by atoms with Crippen LogP contribution in [0.25, 0.3) is 0 Å². The van der Waals surface area contributed by atoms with Crippen LogP contribution in [-0.2, 0) is 29.9 Å². The number of hydrogen-bond acceptors (Lipinski definition) is 5. The number of rotatable bonds is 8. The monoisotopic (exact) mass is 567 g/mol. The van der Waals surface area contributed by atoms with Gasteiger partial charge in [0.2, 0.25) is 0 Å². The molecular formula is C23H19F6NO5S2. The molecule has 3 aromatic rings. The van der Waals surface area contributed by atoms with Crippen LogP contribution in [0, 0.1) is 0 Å². The summed E-state index contributed by atoms with van der Waals surface area (Å²) in [6, 6.07) is 14.1. The average molecular weight is 568 g/mol. The highest BCUT2D eigenvalue weighted by molar-refractivity contribution is 7.92. The van der Waals surface area contributed by atoms with Crippen molar-refractivity contribution >= 4 is 25.8 Å². The molecule has 200 valence electrons. The van der Waals surface area contributed by atoms with Gasteiger partial charge in [-0.25, -0.2) is 12.6 Å². The van der Waals surface area contributed by atoms with E-state index in [1.807, 2.05) is 0 Å². The van der Waals surface area contributed by atoms with Crippen molar-refractivity contribution in [3.63, 3.8) is 0 Å². The second kappa shape index (κ2) is 9.99. The molecule has 0 aliphatic rings. The fourth-order valence-corrected chi connectivity index (χ4v) is 6.20. The standard InChI is InChI=1S/C23H19F6NO5S2/c1-2-30(36(31,32)19-9-5-3-6-10-19)18-15-13-17(14-16-18)21(22(24,25)26,23(27,28)29)35-37(33,34)20-11-7-4-8-12-20/h3-16H,2H2,1H3. The molecule has 3 rings (SSSR count). The molecule has 0 aromatic heterocycles. The molecular weight excluding hydrogens is 548 g/mol. The summed E-state index contributed by atoms with van der Waals surface area (Å²) in [6.07, 6.45) is -12.6. The van der Waals surface area contributed by atoms with Crippen molar-refractivity contribution in [3.8, 4) is 0 Å². The van der Waals surface area contributed by atoms with Crippen molar-refractivity contribution in [1.82, 2.24) is 0 Å². The number of benzene rings is 3. The van der Waals surface area contributed by atoms with Crippen LogP contribution in [0.3, 0.4) is 0 Å². The number of alkyl halides is 6. The molecule has 0 saturated heterocycles. The number of nitrogens with zero attached hydrogens (tertiary/aromatic N) is 1. The lowest BCUT2D eigenvalue weighted by atomic mass is 9.92. The largest absolute Gasteiger partial charge is 0.432 e. The molecule has 0 bridgehead atoms. The third-order valence-corrected chi connectivity index (χ3v) is 8.48. The van der Waals surface area contributed by atoms with E-state index >= 15 is 0 Å². The number of anilines is 1. The van der Waals surface area contributed by atoms with E-state index < -0.39 is 48.6 Å². The van der Waals surface area contributed by atoms with Crippen LogP contribution < -0.4 is 4.31 Å². The van der Waals surface area contributed by atoms with Crippen LogP contribution in [-0.4, -0.2) is 35.7 Å². The molecule has 0 atom stereocenters. The summed E-state index contributed by atoms with van der Waals surface area (Å²) in [5.74, 6) is 0. The topological polar surface area (TPSA) is 80.8 Å². The number of sulfonamides is 1. The Morgan fingerprint density at radius 3 is 1.51 bits per heavy atom. The highest BCUT2D eigenvalue weighted by Gasteiger charge is 2.75. The molecule has 14 heteroatoms. The fraction of sp³-hybridized carbons (Fsp3) is 0.217. The van der Waals surface area contributed by atoms with Gasteiger partial charge in [0.05, 0.1) is 15.5 Å². The number of hydrogen-bond donors (Lipinski definition) is 0. The molecule has 0 saturated carbocycles. The van der Waals surface area contributed by atoms with E-state index in [1.54, 1.807) is 6.07 Å². The van der Waals surface area contributed by atoms with Crippen LogP contribution in [0.5, 0.6) is 0 Å². The Bertz CT molecular complexity index is 1410. The van der Waals surface area contributed by atoms with Gasteiger partial charge in [0.1, 0.15) is 0 Å². The first-order chi connectivity index (χ1) is 17.1. The Kier molecular flexibility index (Phi) is 7.68. The molecule has 0 unspecified atom stereocenters. The predicted octanol–water partition coefficient (Wildman–Crippen LogP) is 5.63. The van der Waals surface area contributed by atoms with Crippen LogP contribution in [0.15, 0.2) is 94.7 Å². The lowest BCUT2D eigenvalue weighted by Crippen LogP contribution is -2.56. The summed E-state index contributed by atoms with van der Waals surface area (Å²) < 4.78 is 140. The van der Waals surface area contributed by atoms with Gasteiger partial charge in [-0.15, -0.1) is 0 Å². The lowest BCUT2D eigenvalue weighted by Gasteiger charge is -2.36. The first kappa shape index (κ1) is 28.5. The zero-order valence-corrected chi connectivity index (χ0v) is 20.5. The Morgan fingerprint density at radius 2 is 1.11 bits per heavy atom. The van der Waals surface area contributed by atoms with Crippen molar-refractivity contribution in [2.75, 3.05) is 10.8 Å². The maximum atomic E-state index is 14.1. The molecule has 0 spiro atoms. The summed E-state index contributed by atoms with van der Waals surface area (Å²) in [4.78, 5) is -1.08. The molecule has 0 aliphatic heterocycles. The maximum Gasteiger partial charge on any atom is 0.432 e. The zero-order valence-electron chi connectivity index (χ0n) is 18.9. The van der Waals surface area contributed by atoms with Crippen molar-refractivity contribution < 1.29 is 47.4 Å². The Balaban J connectivity index is 2.15. The van der Waals surface area contributed by atoms with Crippen molar-refractivity contribution in [3.05, 3.63) is 90.5 Å². The van der Waals surface area contributed by atoms with Gasteiger partial charge in [-0.3, -0.25) is 4.31 Å². The minimum atomic E-state index is -6.28. The zero-order chi connectivity index (χ0) is 27.7. The van der Waals surface area contributed by atoms with Gasteiger partial charge >= 0.3 is 18.0 Å². The predicted molar refractivity (Wildman–Crippen MR) is 122 cm³/mol. The SMILES string of the molecule is CCN(c1ccc(C(OS(=O)(=O)c2ccccc2)(C(F)(F)F)C(F)(F)F)cc1)S(=O)(=O)c1ccccc1. The van der Waals surface area contributed by atoms with Gasteiger partial charge in [0.25, 0.3) is 20.1 Å². The minimum absolute atomic E-state index is 0.154. The summed E-state index contributed by atoms with van der Waals surface area (Å²) >= 11 is 0. The lowest BCUT2D eigenvalue weighted by molar-refractivity contribution is -0.364. The van der Waals surface area contributed by atoms with Gasteiger partial charge in [0.15, 0.2) is 0 Å². The quantitative estimate of drug-likeness (QED) is 0.261. The maximum absolute atomic E-state index is 14.1. The average Bonchev–Trinajstić information content (AvgIpc) is 2.83. The van der Waals surface area contributed by atoms with E-state index in [2.05, 4.69) is 4.18 Å². The Labute approximate surface area is 209 Å². The highest BCUT2D eigenvalue weighted by Crippen LogP contribution is 2.54. The third-order valence-electron chi connectivity index (χ3n) is 5.25. The second-order valence-electron chi connectivity index (χ2n) is 7.56. The van der Waals surface area contributed by atoms with Gasteiger partial charge < -0.3 is 0 Å². The van der Waals surface area contributed by atoms with E-state index in [9.17, 15) is 43.2 Å². The van der Waals surface area contributed by atoms with E-state index in [-0.39, 0.29) is 17.1 Å². The van der Waals surface area contributed by atoms with Gasteiger partial charge in [-0.05, 0) is 43.3 Å². The van der Waals surface area contributed by atoms with E-state index in [0.29, 0.717) is 24.3 Å². The molecule has 3 aromatic carbocycles. The van der Waals surface area contributed by atoms with E-state index in [0.717, 1.165) is 28.6 Å². The van der Waals surface area contributed by atoms with Crippen molar-refractivity contribution in [2.24, 2.45) is 0 Å². The van der Waals surface area contributed by atoms with Gasteiger partial charge in [0, 0.05) is 12.1 Å². The second-order valence-corrected chi connectivity index (χ2v) is 11.0. The molecule has 0 aliphatic carbocycles. The van der Waals surface area contributed by atoms with E-state index in [1.165, 1.54) is 37.3 Å². The highest BCUT2D eigenvalue weighted by atomic mass is 32.2. The van der Waals surface area contributed by atoms with Crippen LogP contribution in [0.4, 0.5) is 32.0 Å². The summed E-state index contributed by atoms with van der Waals surface area (Å²) in [6.45, 7) is 1.21. The Morgan fingerprint density at radius 1 is 0.676 bits per heavy atom. The molecule has 37 heavy (non-hydrogen) atoms. The first-order valence-corrected chi connectivity index (χ1v) is 13.3. The summed E-state index contributed by atoms with van der Waals surface area (Å²) in [5, 5.41) is 0. The molecule has 0 heterocycles. The fourth-order valence-electron chi connectivity index (χ4n) is 3.50. The molecule has 6 nitrogen and oxygen atoms in total. The van der Waals surface area contributed by atoms with Gasteiger partial charge in [-0.1, -0.05) is 48.5 Å². The Hall–Kier alpha value is -3.10. The summed E-state index contributed by atoms with van der Waals surface area (Å²) in [5.41, 5.74) is -7.13. The first-order valence-electron chi connectivity index (χ1n) is 10.4. The van der Waals surface area contributed by atoms with E-state index in [4.69, 9.17) is 0 Å². The van der Waals surface area contributed by atoms with Crippen molar-refractivity contribution in [2.45, 2.75) is 34.7 Å². The van der Waals surface area contributed by atoms with Crippen molar-refractivity contribution in [1.29, 1.82) is 0 Å². The third kappa shape index (κ3) is 5.31. The molecule has 0 fully saturated rings. The smallest absolute Gasteiger partial charge is 0.267 e. The number of halogens is 6. The summed E-state index contributed by atoms with van der Waals surface area (Å²) in [7, 11) is -9.78. The van der Waals surface area contributed by atoms with Gasteiger partial charge in [-0.2, -0.15) is 34.8 Å². The molecule has 0 N–H and O–H groups in total. The van der Waals surface area contributed by atoms with Crippen LogP contribution >= 0.6 is 0 Å². The molecule has 0 radical (unpaired) electrons. The molecule has 0 amide bonds. The van der Waals surface area contributed by atoms with Crippen LogP contribution in [0.2, 0.25) is 0 Å².